The molecule has 9 nitrogen and oxygen atoms in total. The van der Waals surface area contributed by atoms with E-state index in [1.54, 1.807) is 20.8 Å². The monoisotopic (exact) mass is 399 g/mol. The molecule has 0 spiro atoms. The topological polar surface area (TPSA) is 123 Å². The number of ether oxygens (including phenoxy) is 2. The summed E-state index contributed by atoms with van der Waals surface area (Å²) < 4.78 is 9.99. The number of amides is 3. The van der Waals surface area contributed by atoms with Gasteiger partial charge in [0.1, 0.15) is 17.7 Å². The van der Waals surface area contributed by atoms with Gasteiger partial charge in [0.2, 0.25) is 11.8 Å². The van der Waals surface area contributed by atoms with Crippen LogP contribution in [-0.4, -0.2) is 55.2 Å². The van der Waals surface area contributed by atoms with Gasteiger partial charge in [0.05, 0.1) is 7.11 Å². The molecule has 0 radical (unpaired) electrons. The highest BCUT2D eigenvalue weighted by molar-refractivity contribution is 5.90. The molecule has 1 aliphatic heterocycles. The first-order valence-electron chi connectivity index (χ1n) is 9.58. The second kappa shape index (κ2) is 10.3. The molecule has 1 unspecified atom stereocenters. The lowest BCUT2D eigenvalue weighted by Gasteiger charge is -2.26. The molecule has 0 aromatic heterocycles. The van der Waals surface area contributed by atoms with Crippen molar-refractivity contribution in [1.29, 1.82) is 0 Å². The second-order valence-corrected chi connectivity index (χ2v) is 8.43. The molecule has 0 aliphatic carbocycles. The van der Waals surface area contributed by atoms with E-state index >= 15 is 0 Å². The van der Waals surface area contributed by atoms with Crippen LogP contribution in [0.3, 0.4) is 0 Å². The van der Waals surface area contributed by atoms with E-state index in [2.05, 4.69) is 16.0 Å². The van der Waals surface area contributed by atoms with Gasteiger partial charge >= 0.3 is 12.1 Å². The molecule has 0 aromatic carbocycles. The Bertz CT molecular complexity index is 585. The van der Waals surface area contributed by atoms with Crippen LogP contribution in [0.4, 0.5) is 4.79 Å². The average molecular weight is 399 g/mol. The largest absolute Gasteiger partial charge is 0.467 e. The quantitative estimate of drug-likeness (QED) is 0.526. The Kier molecular flexibility index (Phi) is 8.71. The van der Waals surface area contributed by atoms with Crippen molar-refractivity contribution in [1.82, 2.24) is 16.0 Å². The minimum absolute atomic E-state index is 0.114. The van der Waals surface area contributed by atoms with E-state index in [4.69, 9.17) is 9.47 Å². The fourth-order valence-corrected chi connectivity index (χ4v) is 2.94. The van der Waals surface area contributed by atoms with Crippen LogP contribution in [0, 0.1) is 11.8 Å². The van der Waals surface area contributed by atoms with Crippen molar-refractivity contribution in [2.24, 2.45) is 11.8 Å². The second-order valence-electron chi connectivity index (χ2n) is 8.43. The summed E-state index contributed by atoms with van der Waals surface area (Å²) in [6.07, 6.45) is 0.389. The molecule has 1 aliphatic rings. The maximum absolute atomic E-state index is 12.8. The number of alkyl carbamates (subject to hydrolysis) is 1. The average Bonchev–Trinajstić information content (AvgIpc) is 2.95. The summed E-state index contributed by atoms with van der Waals surface area (Å²) >= 11 is 0. The Balaban J connectivity index is 2.83. The Hall–Kier alpha value is -2.32. The van der Waals surface area contributed by atoms with Gasteiger partial charge in [-0.1, -0.05) is 13.8 Å². The molecule has 160 valence electrons. The van der Waals surface area contributed by atoms with E-state index in [1.165, 1.54) is 7.11 Å². The van der Waals surface area contributed by atoms with E-state index < -0.39 is 35.7 Å². The Morgan fingerprint density at radius 3 is 2.29 bits per heavy atom. The summed E-state index contributed by atoms with van der Waals surface area (Å²) in [5.41, 5.74) is -0.701. The van der Waals surface area contributed by atoms with Crippen LogP contribution in [0.1, 0.15) is 53.9 Å². The smallest absolute Gasteiger partial charge is 0.408 e. The molecule has 0 saturated carbocycles. The summed E-state index contributed by atoms with van der Waals surface area (Å²) in [6, 6.07) is -1.85. The SMILES string of the molecule is COC(=O)[C@H](CC1CCNC1=O)NC(=O)[C@H](CC(C)C)NC(=O)OC(C)(C)C. The molecule has 28 heavy (non-hydrogen) atoms. The number of rotatable bonds is 8. The maximum Gasteiger partial charge on any atom is 0.408 e. The summed E-state index contributed by atoms with van der Waals surface area (Å²) in [5, 5.41) is 7.89. The molecule has 1 rings (SSSR count). The maximum atomic E-state index is 12.8. The highest BCUT2D eigenvalue weighted by Crippen LogP contribution is 2.17. The molecule has 1 saturated heterocycles. The first kappa shape index (κ1) is 23.7. The third-order valence-corrected chi connectivity index (χ3v) is 4.20. The van der Waals surface area contributed by atoms with Crippen LogP contribution < -0.4 is 16.0 Å². The number of carbonyl (C=O) groups excluding carboxylic acids is 4. The van der Waals surface area contributed by atoms with Gasteiger partial charge in [-0.05, 0) is 46.0 Å². The minimum atomic E-state index is -0.971. The molecule has 1 fully saturated rings. The van der Waals surface area contributed by atoms with Crippen molar-refractivity contribution in [3.63, 3.8) is 0 Å². The van der Waals surface area contributed by atoms with Crippen molar-refractivity contribution < 1.29 is 28.7 Å². The van der Waals surface area contributed by atoms with E-state index in [9.17, 15) is 19.2 Å². The summed E-state index contributed by atoms with van der Waals surface area (Å²) in [6.45, 7) is 9.55. The predicted molar refractivity (Wildman–Crippen MR) is 102 cm³/mol. The van der Waals surface area contributed by atoms with Gasteiger partial charge in [0.15, 0.2) is 0 Å². The number of hydrogen-bond donors (Lipinski definition) is 3. The zero-order valence-electron chi connectivity index (χ0n) is 17.6. The molecule has 3 atom stereocenters. The number of methoxy groups -OCH3 is 1. The van der Waals surface area contributed by atoms with Crippen molar-refractivity contribution in [2.45, 2.75) is 71.6 Å². The standard InChI is InChI=1S/C19H33N3O6/c1-11(2)9-13(22-18(26)28-19(3,4)5)16(24)21-14(17(25)27-6)10-12-7-8-20-15(12)23/h11-14H,7-10H2,1-6H3,(H,20,23)(H,21,24)(H,22,26)/t12?,13-,14-/m0/s1. The van der Waals surface area contributed by atoms with Crippen LogP contribution in [0.2, 0.25) is 0 Å². The van der Waals surface area contributed by atoms with Crippen molar-refractivity contribution in [2.75, 3.05) is 13.7 Å². The predicted octanol–water partition coefficient (Wildman–Crippen LogP) is 1.11. The van der Waals surface area contributed by atoms with Crippen molar-refractivity contribution >= 4 is 23.9 Å². The normalized spacial score (nSPS) is 18.8. The van der Waals surface area contributed by atoms with Gasteiger partial charge in [-0.15, -0.1) is 0 Å². The Morgan fingerprint density at radius 2 is 1.82 bits per heavy atom. The van der Waals surface area contributed by atoms with E-state index in [1.807, 2.05) is 13.8 Å². The van der Waals surface area contributed by atoms with Crippen molar-refractivity contribution in [3.8, 4) is 0 Å². The summed E-state index contributed by atoms with van der Waals surface area (Å²) in [4.78, 5) is 48.8. The van der Waals surface area contributed by atoms with Gasteiger partial charge in [-0.3, -0.25) is 9.59 Å². The van der Waals surface area contributed by atoms with E-state index in [0.29, 0.717) is 19.4 Å². The van der Waals surface area contributed by atoms with Crippen LogP contribution in [0.25, 0.3) is 0 Å². The fourth-order valence-electron chi connectivity index (χ4n) is 2.94. The number of hydrogen-bond acceptors (Lipinski definition) is 6. The summed E-state index contributed by atoms with van der Waals surface area (Å²) in [5.74, 6) is -1.55. The minimum Gasteiger partial charge on any atom is -0.467 e. The van der Waals surface area contributed by atoms with E-state index in [-0.39, 0.29) is 24.2 Å². The van der Waals surface area contributed by atoms with E-state index in [0.717, 1.165) is 0 Å². The van der Waals surface area contributed by atoms with Gasteiger partial charge in [0, 0.05) is 12.5 Å². The van der Waals surface area contributed by atoms with Gasteiger partial charge in [-0.2, -0.15) is 0 Å². The zero-order valence-corrected chi connectivity index (χ0v) is 17.6. The van der Waals surface area contributed by atoms with Crippen LogP contribution in [0.15, 0.2) is 0 Å². The van der Waals surface area contributed by atoms with Gasteiger partial charge in [0.25, 0.3) is 0 Å². The Morgan fingerprint density at radius 1 is 1.18 bits per heavy atom. The molecular weight excluding hydrogens is 366 g/mol. The number of carbonyl (C=O) groups is 4. The molecule has 3 amide bonds. The van der Waals surface area contributed by atoms with Gasteiger partial charge < -0.3 is 25.4 Å². The van der Waals surface area contributed by atoms with Crippen molar-refractivity contribution in [3.05, 3.63) is 0 Å². The number of nitrogens with one attached hydrogen (secondary N) is 3. The van der Waals surface area contributed by atoms with Crippen LogP contribution in [-0.2, 0) is 23.9 Å². The molecular formula is C19H33N3O6. The number of esters is 1. The third kappa shape index (κ3) is 8.14. The molecule has 0 aromatic rings. The van der Waals surface area contributed by atoms with Crippen LogP contribution >= 0.6 is 0 Å². The lowest BCUT2D eigenvalue weighted by atomic mass is 9.97. The lowest BCUT2D eigenvalue weighted by molar-refractivity contribution is -0.146. The summed E-state index contributed by atoms with van der Waals surface area (Å²) in [7, 11) is 1.22. The van der Waals surface area contributed by atoms with Crippen LogP contribution in [0.5, 0.6) is 0 Å². The lowest BCUT2D eigenvalue weighted by Crippen LogP contribution is -2.53. The fraction of sp³-hybridized carbons (Fsp3) is 0.789. The highest BCUT2D eigenvalue weighted by Gasteiger charge is 2.34. The molecule has 1 heterocycles. The van der Waals surface area contributed by atoms with Gasteiger partial charge in [-0.25, -0.2) is 9.59 Å². The Labute approximate surface area is 166 Å². The molecule has 9 heteroatoms. The highest BCUT2D eigenvalue weighted by atomic mass is 16.6. The molecule has 0 bridgehead atoms. The molecule has 3 N–H and O–H groups in total. The zero-order chi connectivity index (χ0) is 21.5. The first-order valence-corrected chi connectivity index (χ1v) is 9.58. The third-order valence-electron chi connectivity index (χ3n) is 4.20. The first-order chi connectivity index (χ1) is 12.9.